The van der Waals surface area contributed by atoms with Gasteiger partial charge < -0.3 is 4.74 Å². The highest BCUT2D eigenvalue weighted by molar-refractivity contribution is 6.20. The zero-order chi connectivity index (χ0) is 14.1. The molecule has 104 valence electrons. The average molecular weight is 282 g/mol. The molecule has 19 heavy (non-hydrogen) atoms. The number of benzene rings is 1. The Kier molecular flexibility index (Phi) is 6.57. The van der Waals surface area contributed by atoms with Gasteiger partial charge in [0, 0.05) is 6.21 Å². The lowest BCUT2D eigenvalue weighted by Crippen LogP contribution is -2.40. The van der Waals surface area contributed by atoms with E-state index in [1.54, 1.807) is 6.21 Å². The van der Waals surface area contributed by atoms with Crippen molar-refractivity contribution >= 4 is 23.8 Å². The number of halogens is 1. The summed E-state index contributed by atoms with van der Waals surface area (Å²) in [5.41, 5.74) is -0.0281. The van der Waals surface area contributed by atoms with Gasteiger partial charge in [-0.2, -0.15) is 0 Å². The number of aliphatic imine (C=N–C) groups is 1. The normalized spacial score (nSPS) is 14.3. The van der Waals surface area contributed by atoms with Crippen molar-refractivity contribution in [1.82, 2.24) is 0 Å². The van der Waals surface area contributed by atoms with Crippen LogP contribution < -0.4 is 0 Å². The molecule has 0 amide bonds. The molecule has 0 saturated heterocycles. The molecule has 0 aromatic heterocycles. The van der Waals surface area contributed by atoms with Gasteiger partial charge >= 0.3 is 5.97 Å². The topological polar surface area (TPSA) is 38.7 Å². The number of nitrogens with zero attached hydrogens (tertiary/aromatic N) is 1. The lowest BCUT2D eigenvalue weighted by atomic mass is 9.95. The van der Waals surface area contributed by atoms with Crippen molar-refractivity contribution < 1.29 is 9.53 Å². The maximum atomic E-state index is 12.0. The largest absolute Gasteiger partial charge is 0.467 e. The highest BCUT2D eigenvalue weighted by Gasteiger charge is 2.37. The van der Waals surface area contributed by atoms with Crippen LogP contribution in [0.3, 0.4) is 0 Å². The van der Waals surface area contributed by atoms with Gasteiger partial charge in [-0.1, -0.05) is 50.1 Å². The SMILES string of the molecule is CCCCC(CCl)(N=Cc1ccccc1)C(=O)OC. The van der Waals surface area contributed by atoms with Gasteiger partial charge in [-0.25, -0.2) is 4.79 Å². The first-order valence-electron chi connectivity index (χ1n) is 6.43. The first-order chi connectivity index (χ1) is 9.18. The number of rotatable bonds is 7. The average Bonchev–Trinajstić information content (AvgIpc) is 2.48. The summed E-state index contributed by atoms with van der Waals surface area (Å²) < 4.78 is 4.85. The third-order valence-corrected chi connectivity index (χ3v) is 3.43. The van der Waals surface area contributed by atoms with Crippen LogP contribution in [0.2, 0.25) is 0 Å². The van der Waals surface area contributed by atoms with Crippen molar-refractivity contribution in [2.75, 3.05) is 13.0 Å². The van der Waals surface area contributed by atoms with E-state index >= 15 is 0 Å². The molecule has 0 spiro atoms. The molecule has 0 radical (unpaired) electrons. The van der Waals surface area contributed by atoms with Crippen LogP contribution in [-0.2, 0) is 9.53 Å². The van der Waals surface area contributed by atoms with Gasteiger partial charge in [0.25, 0.3) is 0 Å². The van der Waals surface area contributed by atoms with Crippen LogP contribution in [0.4, 0.5) is 0 Å². The lowest BCUT2D eigenvalue weighted by molar-refractivity contribution is -0.146. The Morgan fingerprint density at radius 1 is 1.42 bits per heavy atom. The van der Waals surface area contributed by atoms with Crippen LogP contribution >= 0.6 is 11.6 Å². The third kappa shape index (κ3) is 4.35. The summed E-state index contributed by atoms with van der Waals surface area (Å²) in [7, 11) is 1.37. The highest BCUT2D eigenvalue weighted by atomic mass is 35.5. The number of carbonyl (C=O) groups excluding carboxylic acids is 1. The predicted molar refractivity (Wildman–Crippen MR) is 79.0 cm³/mol. The quantitative estimate of drug-likeness (QED) is 0.436. The molecule has 3 nitrogen and oxygen atoms in total. The maximum absolute atomic E-state index is 12.0. The molecule has 4 heteroatoms. The number of methoxy groups -OCH3 is 1. The minimum Gasteiger partial charge on any atom is -0.467 e. The van der Waals surface area contributed by atoms with Crippen molar-refractivity contribution in [3.8, 4) is 0 Å². The van der Waals surface area contributed by atoms with Gasteiger partial charge in [0.1, 0.15) is 0 Å². The van der Waals surface area contributed by atoms with Crippen LogP contribution in [-0.4, -0.2) is 30.7 Å². The van der Waals surface area contributed by atoms with E-state index in [-0.39, 0.29) is 11.8 Å². The predicted octanol–water partition coefficient (Wildman–Crippen LogP) is 3.45. The van der Waals surface area contributed by atoms with E-state index in [9.17, 15) is 4.79 Å². The lowest BCUT2D eigenvalue weighted by Gasteiger charge is -2.24. The van der Waals surface area contributed by atoms with Gasteiger partial charge in [-0.05, 0) is 12.0 Å². The zero-order valence-corrected chi connectivity index (χ0v) is 12.2. The molecule has 0 N–H and O–H groups in total. The molecule has 0 aliphatic carbocycles. The summed E-state index contributed by atoms with van der Waals surface area (Å²) >= 11 is 5.99. The molecular formula is C15H20ClNO2. The molecule has 0 saturated carbocycles. The van der Waals surface area contributed by atoms with Gasteiger partial charge in [0.15, 0.2) is 5.54 Å². The Hall–Kier alpha value is -1.35. The second kappa shape index (κ2) is 7.95. The van der Waals surface area contributed by atoms with E-state index in [2.05, 4.69) is 11.9 Å². The Morgan fingerprint density at radius 2 is 2.11 bits per heavy atom. The van der Waals surface area contributed by atoms with Crippen molar-refractivity contribution in [2.45, 2.75) is 31.7 Å². The number of unbranched alkanes of at least 4 members (excludes halogenated alkanes) is 1. The molecule has 1 aromatic rings. The van der Waals surface area contributed by atoms with E-state index < -0.39 is 5.54 Å². The summed E-state index contributed by atoms with van der Waals surface area (Å²) in [6.45, 7) is 2.07. The van der Waals surface area contributed by atoms with Crippen molar-refractivity contribution in [3.05, 3.63) is 35.9 Å². The minimum atomic E-state index is -0.970. The Bertz CT molecular complexity index is 419. The van der Waals surface area contributed by atoms with E-state index in [1.165, 1.54) is 7.11 Å². The van der Waals surface area contributed by atoms with Crippen molar-refractivity contribution in [3.63, 3.8) is 0 Å². The van der Waals surface area contributed by atoms with Crippen LogP contribution in [0.1, 0.15) is 31.7 Å². The molecule has 1 rings (SSSR count). The van der Waals surface area contributed by atoms with E-state index in [0.29, 0.717) is 6.42 Å². The van der Waals surface area contributed by atoms with E-state index in [4.69, 9.17) is 16.3 Å². The third-order valence-electron chi connectivity index (χ3n) is 2.99. The molecule has 1 unspecified atom stereocenters. The fourth-order valence-corrected chi connectivity index (χ4v) is 2.08. The summed E-state index contributed by atoms with van der Waals surface area (Å²) in [6, 6.07) is 9.64. The number of hydrogen-bond donors (Lipinski definition) is 0. The fraction of sp³-hybridized carbons (Fsp3) is 0.467. The van der Waals surface area contributed by atoms with Crippen LogP contribution in [0.5, 0.6) is 0 Å². The second-order valence-corrected chi connectivity index (χ2v) is 4.70. The standard InChI is InChI=1S/C15H20ClNO2/c1-3-4-10-15(12-16,14(18)19-2)17-11-13-8-6-5-7-9-13/h5-9,11H,3-4,10,12H2,1-2H3. The Morgan fingerprint density at radius 3 is 2.63 bits per heavy atom. The number of ether oxygens (including phenoxy) is 1. The van der Waals surface area contributed by atoms with Crippen molar-refractivity contribution in [1.29, 1.82) is 0 Å². The summed E-state index contributed by atoms with van der Waals surface area (Å²) in [5, 5.41) is 0. The second-order valence-electron chi connectivity index (χ2n) is 4.43. The summed E-state index contributed by atoms with van der Waals surface area (Å²) in [5.74, 6) is -0.244. The number of esters is 1. The number of alkyl halides is 1. The maximum Gasteiger partial charge on any atom is 0.334 e. The molecule has 0 aliphatic heterocycles. The summed E-state index contributed by atoms with van der Waals surface area (Å²) in [4.78, 5) is 16.4. The Balaban J connectivity index is 2.95. The fourth-order valence-electron chi connectivity index (χ4n) is 1.77. The molecule has 1 aromatic carbocycles. The molecule has 0 aliphatic rings. The smallest absolute Gasteiger partial charge is 0.334 e. The number of hydrogen-bond acceptors (Lipinski definition) is 3. The molecule has 0 fully saturated rings. The summed E-state index contributed by atoms with van der Waals surface area (Å²) in [6.07, 6.45) is 4.16. The van der Waals surface area contributed by atoms with Crippen LogP contribution in [0, 0.1) is 0 Å². The molecule has 1 atom stereocenters. The van der Waals surface area contributed by atoms with E-state index in [1.807, 2.05) is 30.3 Å². The van der Waals surface area contributed by atoms with Gasteiger partial charge in [-0.3, -0.25) is 4.99 Å². The molecular weight excluding hydrogens is 262 g/mol. The first kappa shape index (κ1) is 15.7. The van der Waals surface area contributed by atoms with Crippen molar-refractivity contribution in [2.24, 2.45) is 4.99 Å². The van der Waals surface area contributed by atoms with Gasteiger partial charge in [0.05, 0.1) is 13.0 Å². The van der Waals surface area contributed by atoms with Gasteiger partial charge in [0.2, 0.25) is 0 Å². The molecule has 0 bridgehead atoms. The van der Waals surface area contributed by atoms with Crippen LogP contribution in [0.15, 0.2) is 35.3 Å². The van der Waals surface area contributed by atoms with Crippen LogP contribution in [0.25, 0.3) is 0 Å². The number of carbonyl (C=O) groups is 1. The zero-order valence-electron chi connectivity index (χ0n) is 11.4. The highest BCUT2D eigenvalue weighted by Crippen LogP contribution is 2.23. The van der Waals surface area contributed by atoms with E-state index in [0.717, 1.165) is 18.4 Å². The Labute approximate surface area is 119 Å². The monoisotopic (exact) mass is 281 g/mol. The first-order valence-corrected chi connectivity index (χ1v) is 6.96. The minimum absolute atomic E-state index is 0.128. The van der Waals surface area contributed by atoms with Gasteiger partial charge in [-0.15, -0.1) is 11.6 Å². The molecule has 0 heterocycles.